The molecule has 0 spiro atoms. The van der Waals surface area contributed by atoms with Crippen LogP contribution < -0.4 is 11.4 Å². The molecular weight excluding hydrogens is 218 g/mol. The van der Waals surface area contributed by atoms with Gasteiger partial charge in [-0.15, -0.1) is 0 Å². The lowest BCUT2D eigenvalue weighted by Crippen LogP contribution is -2.24. The minimum Gasteiger partial charge on any atom is -0.372 e. The topological polar surface area (TPSA) is 52.2 Å². The first-order valence-electron chi connectivity index (χ1n) is 4.47. The Labute approximate surface area is 89.7 Å². The number of fused-ring (bicyclic) bond motifs is 1. The van der Waals surface area contributed by atoms with Crippen molar-refractivity contribution in [3.63, 3.8) is 0 Å². The van der Waals surface area contributed by atoms with Gasteiger partial charge in [0.25, 0.3) is 0 Å². The molecule has 0 fully saturated rings. The van der Waals surface area contributed by atoms with Gasteiger partial charge in [-0.2, -0.15) is 0 Å². The van der Waals surface area contributed by atoms with E-state index in [1.165, 1.54) is 4.57 Å². The van der Waals surface area contributed by atoms with E-state index < -0.39 is 11.4 Å². The van der Waals surface area contributed by atoms with E-state index in [0.717, 1.165) is 0 Å². The van der Waals surface area contributed by atoms with E-state index in [1.54, 1.807) is 25.1 Å². The van der Waals surface area contributed by atoms with Crippen LogP contribution in [0.2, 0.25) is 5.02 Å². The van der Waals surface area contributed by atoms with Crippen molar-refractivity contribution in [1.29, 1.82) is 0 Å². The second-order valence-electron chi connectivity index (χ2n) is 3.03. The van der Waals surface area contributed by atoms with Gasteiger partial charge < -0.3 is 4.42 Å². The molecule has 0 saturated carbocycles. The first kappa shape index (κ1) is 9.98. The summed E-state index contributed by atoms with van der Waals surface area (Å²) >= 11 is 5.87. The van der Waals surface area contributed by atoms with Gasteiger partial charge in [0.05, 0.1) is 10.5 Å². The third-order valence-corrected chi connectivity index (χ3v) is 2.52. The number of benzene rings is 1. The standard InChI is InChI=1S/C10H8ClNO3/c1-2-12-7-5-3-4-6(11)8(7)9(13)15-10(12)14/h3-5H,2H2,1H3. The van der Waals surface area contributed by atoms with Crippen LogP contribution in [0.3, 0.4) is 0 Å². The molecule has 4 nitrogen and oxygen atoms in total. The van der Waals surface area contributed by atoms with E-state index in [9.17, 15) is 9.59 Å². The Hall–Kier alpha value is -1.55. The van der Waals surface area contributed by atoms with Crippen LogP contribution in [0.5, 0.6) is 0 Å². The van der Waals surface area contributed by atoms with Crippen molar-refractivity contribution in [1.82, 2.24) is 4.57 Å². The summed E-state index contributed by atoms with van der Waals surface area (Å²) in [5.41, 5.74) is -0.184. The van der Waals surface area contributed by atoms with Crippen LogP contribution in [0.25, 0.3) is 10.9 Å². The number of halogens is 1. The number of aryl methyl sites for hydroxylation is 1. The zero-order chi connectivity index (χ0) is 11.0. The quantitative estimate of drug-likeness (QED) is 0.741. The normalized spacial score (nSPS) is 10.8. The van der Waals surface area contributed by atoms with Crippen molar-refractivity contribution in [2.45, 2.75) is 13.5 Å². The van der Waals surface area contributed by atoms with E-state index >= 15 is 0 Å². The summed E-state index contributed by atoms with van der Waals surface area (Å²) in [4.78, 5) is 22.8. The predicted octanol–water partition coefficient (Wildman–Crippen LogP) is 1.63. The Morgan fingerprint density at radius 1 is 1.40 bits per heavy atom. The minimum atomic E-state index is -0.690. The van der Waals surface area contributed by atoms with Crippen LogP contribution >= 0.6 is 11.6 Å². The molecule has 78 valence electrons. The molecule has 0 amide bonds. The first-order chi connectivity index (χ1) is 7.15. The number of nitrogens with zero attached hydrogens (tertiary/aromatic N) is 1. The Morgan fingerprint density at radius 3 is 2.80 bits per heavy atom. The van der Waals surface area contributed by atoms with E-state index in [4.69, 9.17) is 11.6 Å². The third kappa shape index (κ3) is 1.47. The van der Waals surface area contributed by atoms with E-state index in [-0.39, 0.29) is 5.39 Å². The van der Waals surface area contributed by atoms with Gasteiger partial charge in [-0.3, -0.25) is 4.57 Å². The molecule has 1 aromatic heterocycles. The molecule has 0 aliphatic heterocycles. The Morgan fingerprint density at radius 2 is 2.13 bits per heavy atom. The molecule has 0 radical (unpaired) electrons. The average molecular weight is 226 g/mol. The third-order valence-electron chi connectivity index (χ3n) is 2.20. The molecule has 0 N–H and O–H groups in total. The molecule has 0 bridgehead atoms. The summed E-state index contributed by atoms with van der Waals surface area (Å²) in [6.45, 7) is 2.22. The summed E-state index contributed by atoms with van der Waals surface area (Å²) in [7, 11) is 0. The van der Waals surface area contributed by atoms with Gasteiger partial charge in [0.15, 0.2) is 0 Å². The molecule has 0 unspecified atom stereocenters. The Kier molecular flexibility index (Phi) is 2.36. The molecule has 15 heavy (non-hydrogen) atoms. The van der Waals surface area contributed by atoms with Crippen LogP contribution in [0, 0.1) is 0 Å². The molecule has 2 rings (SSSR count). The Bertz CT molecular complexity index is 627. The van der Waals surface area contributed by atoms with Crippen LogP contribution in [0.15, 0.2) is 32.2 Å². The lowest BCUT2D eigenvalue weighted by Gasteiger charge is -2.05. The molecule has 0 saturated heterocycles. The first-order valence-corrected chi connectivity index (χ1v) is 4.85. The number of hydrogen-bond donors (Lipinski definition) is 0. The molecule has 0 aliphatic carbocycles. The fourth-order valence-electron chi connectivity index (χ4n) is 1.52. The highest BCUT2D eigenvalue weighted by molar-refractivity contribution is 6.35. The molecule has 0 aliphatic rings. The monoisotopic (exact) mass is 225 g/mol. The van der Waals surface area contributed by atoms with Gasteiger partial charge in [0.2, 0.25) is 0 Å². The van der Waals surface area contributed by atoms with Gasteiger partial charge in [-0.25, -0.2) is 9.59 Å². The second kappa shape index (κ2) is 3.55. The lowest BCUT2D eigenvalue weighted by atomic mass is 10.2. The van der Waals surface area contributed by atoms with Gasteiger partial charge in [-0.1, -0.05) is 17.7 Å². The largest absolute Gasteiger partial charge is 0.422 e. The van der Waals surface area contributed by atoms with E-state index in [2.05, 4.69) is 4.42 Å². The maximum Gasteiger partial charge on any atom is 0.422 e. The Balaban J connectivity index is 3.10. The highest BCUT2D eigenvalue weighted by atomic mass is 35.5. The van der Waals surface area contributed by atoms with Crippen molar-refractivity contribution >= 4 is 22.5 Å². The fourth-order valence-corrected chi connectivity index (χ4v) is 1.77. The van der Waals surface area contributed by atoms with Crippen molar-refractivity contribution in [3.05, 3.63) is 44.2 Å². The summed E-state index contributed by atoms with van der Waals surface area (Å²) in [5.74, 6) is -0.655. The maximum atomic E-state index is 11.4. The molecule has 1 heterocycles. The SMILES string of the molecule is CCn1c(=O)oc(=O)c2c(Cl)cccc21. The fraction of sp³-hybridized carbons (Fsp3) is 0.200. The zero-order valence-electron chi connectivity index (χ0n) is 7.99. The maximum absolute atomic E-state index is 11.4. The minimum absolute atomic E-state index is 0.251. The molecule has 5 heteroatoms. The zero-order valence-corrected chi connectivity index (χ0v) is 8.75. The summed E-state index contributed by atoms with van der Waals surface area (Å²) in [6.07, 6.45) is 0. The van der Waals surface area contributed by atoms with E-state index in [0.29, 0.717) is 17.1 Å². The molecule has 1 aromatic carbocycles. The van der Waals surface area contributed by atoms with Gasteiger partial charge in [-0.05, 0) is 19.1 Å². The summed E-state index contributed by atoms with van der Waals surface area (Å²) in [5, 5.41) is 0.545. The predicted molar refractivity (Wildman–Crippen MR) is 57.4 cm³/mol. The van der Waals surface area contributed by atoms with Crippen molar-refractivity contribution in [2.75, 3.05) is 0 Å². The second-order valence-corrected chi connectivity index (χ2v) is 3.44. The number of hydrogen-bond acceptors (Lipinski definition) is 3. The van der Waals surface area contributed by atoms with Gasteiger partial charge in [0.1, 0.15) is 5.39 Å². The highest BCUT2D eigenvalue weighted by Crippen LogP contribution is 2.18. The summed E-state index contributed by atoms with van der Waals surface area (Å²) in [6, 6.07) is 4.95. The van der Waals surface area contributed by atoms with Crippen molar-refractivity contribution < 1.29 is 4.42 Å². The van der Waals surface area contributed by atoms with Gasteiger partial charge >= 0.3 is 11.4 Å². The van der Waals surface area contributed by atoms with E-state index in [1.807, 2.05) is 0 Å². The average Bonchev–Trinajstić information content (AvgIpc) is 2.17. The lowest BCUT2D eigenvalue weighted by molar-refractivity contribution is 0.421. The van der Waals surface area contributed by atoms with Gasteiger partial charge in [0, 0.05) is 6.54 Å². The van der Waals surface area contributed by atoms with Crippen molar-refractivity contribution in [3.8, 4) is 0 Å². The molecule has 2 aromatic rings. The molecule has 0 atom stereocenters. The van der Waals surface area contributed by atoms with Crippen LogP contribution in [0.1, 0.15) is 6.92 Å². The summed E-state index contributed by atoms with van der Waals surface area (Å²) < 4.78 is 5.92. The van der Waals surface area contributed by atoms with Crippen molar-refractivity contribution in [2.24, 2.45) is 0 Å². The smallest absolute Gasteiger partial charge is 0.372 e. The van der Waals surface area contributed by atoms with Crippen LogP contribution in [-0.2, 0) is 6.54 Å². The number of aromatic nitrogens is 1. The highest BCUT2D eigenvalue weighted by Gasteiger charge is 2.10. The molecular formula is C10H8ClNO3. The number of rotatable bonds is 1. The van der Waals surface area contributed by atoms with Crippen LogP contribution in [0.4, 0.5) is 0 Å². The van der Waals surface area contributed by atoms with Crippen LogP contribution in [-0.4, -0.2) is 4.57 Å².